The topological polar surface area (TPSA) is 29.9 Å². The van der Waals surface area contributed by atoms with Gasteiger partial charge in [-0.3, -0.25) is 0 Å². The van der Waals surface area contributed by atoms with Crippen molar-refractivity contribution in [1.82, 2.24) is 9.55 Å². The number of rotatable bonds is 4. The summed E-state index contributed by atoms with van der Waals surface area (Å²) in [6.07, 6.45) is 2.06. The van der Waals surface area contributed by atoms with Crippen LogP contribution in [0, 0.1) is 6.92 Å². The Kier molecular flexibility index (Phi) is 3.25. The standard InChI is InChI=1S/C13H17N3/c1-3-16-10-11(2)15-13(16)14-9-12-7-5-4-6-8-12/h4-8,10H,3,9H2,1-2H3,(H,14,15). The van der Waals surface area contributed by atoms with Crippen molar-refractivity contribution in [2.45, 2.75) is 26.9 Å². The van der Waals surface area contributed by atoms with E-state index in [1.54, 1.807) is 0 Å². The third kappa shape index (κ3) is 2.42. The van der Waals surface area contributed by atoms with Gasteiger partial charge in [-0.1, -0.05) is 30.3 Å². The summed E-state index contributed by atoms with van der Waals surface area (Å²) in [4.78, 5) is 4.45. The van der Waals surface area contributed by atoms with E-state index in [0.717, 1.165) is 24.7 Å². The zero-order chi connectivity index (χ0) is 11.4. The van der Waals surface area contributed by atoms with E-state index in [0.29, 0.717) is 0 Å². The number of nitrogens with one attached hydrogen (secondary N) is 1. The Morgan fingerprint density at radius 1 is 1.25 bits per heavy atom. The van der Waals surface area contributed by atoms with Crippen molar-refractivity contribution in [1.29, 1.82) is 0 Å². The SMILES string of the molecule is CCn1cc(C)nc1NCc1ccccc1. The van der Waals surface area contributed by atoms with Crippen LogP contribution in [0.5, 0.6) is 0 Å². The summed E-state index contributed by atoms with van der Waals surface area (Å²) < 4.78 is 2.12. The van der Waals surface area contributed by atoms with Gasteiger partial charge in [0.05, 0.1) is 5.69 Å². The second kappa shape index (κ2) is 4.84. The zero-order valence-electron chi connectivity index (χ0n) is 9.77. The Labute approximate surface area is 96.1 Å². The van der Waals surface area contributed by atoms with E-state index in [1.165, 1.54) is 5.56 Å². The molecule has 1 aromatic carbocycles. The predicted molar refractivity (Wildman–Crippen MR) is 66.4 cm³/mol. The maximum Gasteiger partial charge on any atom is 0.203 e. The fraction of sp³-hybridized carbons (Fsp3) is 0.308. The second-order valence-electron chi connectivity index (χ2n) is 3.83. The molecule has 0 amide bonds. The first kappa shape index (κ1) is 10.7. The molecule has 0 atom stereocenters. The molecule has 0 spiro atoms. The van der Waals surface area contributed by atoms with Crippen LogP contribution in [0.3, 0.4) is 0 Å². The van der Waals surface area contributed by atoms with E-state index >= 15 is 0 Å². The number of hydrogen-bond acceptors (Lipinski definition) is 2. The Morgan fingerprint density at radius 3 is 2.69 bits per heavy atom. The number of hydrogen-bond donors (Lipinski definition) is 1. The number of nitrogens with zero attached hydrogens (tertiary/aromatic N) is 2. The molecule has 0 radical (unpaired) electrons. The normalized spacial score (nSPS) is 10.4. The quantitative estimate of drug-likeness (QED) is 0.850. The molecule has 0 saturated carbocycles. The van der Waals surface area contributed by atoms with Crippen LogP contribution in [0.2, 0.25) is 0 Å². The fourth-order valence-corrected chi connectivity index (χ4v) is 1.71. The van der Waals surface area contributed by atoms with Crippen LogP contribution in [0.4, 0.5) is 5.95 Å². The van der Waals surface area contributed by atoms with Gasteiger partial charge in [0.15, 0.2) is 0 Å². The Morgan fingerprint density at radius 2 is 2.00 bits per heavy atom. The summed E-state index contributed by atoms with van der Waals surface area (Å²) in [5, 5.41) is 3.35. The Balaban J connectivity index is 2.04. The van der Waals surface area contributed by atoms with Gasteiger partial charge in [-0.25, -0.2) is 4.98 Å². The van der Waals surface area contributed by atoms with Gasteiger partial charge >= 0.3 is 0 Å². The monoisotopic (exact) mass is 215 g/mol. The molecular weight excluding hydrogens is 198 g/mol. The van der Waals surface area contributed by atoms with Gasteiger partial charge in [0.1, 0.15) is 0 Å². The van der Waals surface area contributed by atoms with Crippen LogP contribution in [-0.4, -0.2) is 9.55 Å². The number of aryl methyl sites for hydroxylation is 2. The second-order valence-corrected chi connectivity index (χ2v) is 3.83. The summed E-state index contributed by atoms with van der Waals surface area (Å²) in [6, 6.07) is 10.3. The van der Waals surface area contributed by atoms with Crippen molar-refractivity contribution in [3.8, 4) is 0 Å². The van der Waals surface area contributed by atoms with E-state index in [2.05, 4.69) is 52.3 Å². The number of aromatic nitrogens is 2. The number of benzene rings is 1. The van der Waals surface area contributed by atoms with E-state index < -0.39 is 0 Å². The molecule has 0 aliphatic heterocycles. The van der Waals surface area contributed by atoms with Crippen LogP contribution >= 0.6 is 0 Å². The lowest BCUT2D eigenvalue weighted by Crippen LogP contribution is -2.06. The molecule has 3 heteroatoms. The van der Waals surface area contributed by atoms with E-state index in [-0.39, 0.29) is 0 Å². The third-order valence-electron chi connectivity index (χ3n) is 2.53. The van der Waals surface area contributed by atoms with Crippen LogP contribution in [0.15, 0.2) is 36.5 Å². The van der Waals surface area contributed by atoms with E-state index in [1.807, 2.05) is 13.0 Å². The largest absolute Gasteiger partial charge is 0.352 e. The van der Waals surface area contributed by atoms with Crippen molar-refractivity contribution in [2.75, 3.05) is 5.32 Å². The van der Waals surface area contributed by atoms with Gasteiger partial charge in [0, 0.05) is 19.3 Å². The van der Waals surface area contributed by atoms with Gasteiger partial charge in [-0.05, 0) is 19.4 Å². The van der Waals surface area contributed by atoms with Gasteiger partial charge in [0.2, 0.25) is 5.95 Å². The fourth-order valence-electron chi connectivity index (χ4n) is 1.71. The first-order chi connectivity index (χ1) is 7.79. The lowest BCUT2D eigenvalue weighted by molar-refractivity contribution is 0.762. The third-order valence-corrected chi connectivity index (χ3v) is 2.53. The minimum atomic E-state index is 0.817. The average molecular weight is 215 g/mol. The van der Waals surface area contributed by atoms with Crippen molar-refractivity contribution >= 4 is 5.95 Å². The van der Waals surface area contributed by atoms with Crippen LogP contribution in [0.1, 0.15) is 18.2 Å². The van der Waals surface area contributed by atoms with Gasteiger partial charge < -0.3 is 9.88 Å². The summed E-state index contributed by atoms with van der Waals surface area (Å²) >= 11 is 0. The minimum absolute atomic E-state index is 0.817. The molecule has 0 unspecified atom stereocenters. The lowest BCUT2D eigenvalue weighted by atomic mass is 10.2. The first-order valence-corrected chi connectivity index (χ1v) is 5.61. The van der Waals surface area contributed by atoms with Crippen LogP contribution in [-0.2, 0) is 13.1 Å². The van der Waals surface area contributed by atoms with Gasteiger partial charge in [-0.2, -0.15) is 0 Å². The summed E-state index contributed by atoms with van der Waals surface area (Å²) in [5.74, 6) is 0.948. The van der Waals surface area contributed by atoms with Crippen LogP contribution in [0.25, 0.3) is 0 Å². The maximum atomic E-state index is 4.45. The Bertz CT molecular complexity index is 445. The van der Waals surface area contributed by atoms with Crippen LogP contribution < -0.4 is 5.32 Å². The number of anilines is 1. The highest BCUT2D eigenvalue weighted by molar-refractivity contribution is 5.30. The molecule has 1 heterocycles. The molecule has 2 aromatic rings. The molecule has 0 aliphatic rings. The highest BCUT2D eigenvalue weighted by atomic mass is 15.2. The van der Waals surface area contributed by atoms with E-state index in [4.69, 9.17) is 0 Å². The highest BCUT2D eigenvalue weighted by Gasteiger charge is 2.02. The minimum Gasteiger partial charge on any atom is -0.352 e. The highest BCUT2D eigenvalue weighted by Crippen LogP contribution is 2.09. The molecule has 0 saturated heterocycles. The van der Waals surface area contributed by atoms with Crippen molar-refractivity contribution in [3.63, 3.8) is 0 Å². The van der Waals surface area contributed by atoms with Crippen molar-refractivity contribution < 1.29 is 0 Å². The predicted octanol–water partition coefficient (Wildman–Crippen LogP) is 2.82. The lowest BCUT2D eigenvalue weighted by Gasteiger charge is -2.07. The van der Waals surface area contributed by atoms with Gasteiger partial charge in [0.25, 0.3) is 0 Å². The maximum absolute atomic E-state index is 4.45. The molecule has 0 aliphatic carbocycles. The molecule has 1 aromatic heterocycles. The van der Waals surface area contributed by atoms with Gasteiger partial charge in [-0.15, -0.1) is 0 Å². The molecule has 1 N–H and O–H groups in total. The summed E-state index contributed by atoms with van der Waals surface area (Å²) in [7, 11) is 0. The first-order valence-electron chi connectivity index (χ1n) is 5.61. The summed E-state index contributed by atoms with van der Waals surface area (Å²) in [5.41, 5.74) is 2.32. The summed E-state index contributed by atoms with van der Waals surface area (Å²) in [6.45, 7) is 5.89. The molecule has 0 bridgehead atoms. The van der Waals surface area contributed by atoms with Crippen molar-refractivity contribution in [2.24, 2.45) is 0 Å². The average Bonchev–Trinajstić information content (AvgIpc) is 2.68. The molecule has 3 nitrogen and oxygen atoms in total. The zero-order valence-corrected chi connectivity index (χ0v) is 9.77. The number of imidazole rings is 1. The molecule has 0 fully saturated rings. The molecule has 84 valence electrons. The Hall–Kier alpha value is -1.77. The smallest absolute Gasteiger partial charge is 0.203 e. The molecular formula is C13H17N3. The molecule has 2 rings (SSSR count). The van der Waals surface area contributed by atoms with E-state index in [9.17, 15) is 0 Å². The van der Waals surface area contributed by atoms with Crippen molar-refractivity contribution in [3.05, 3.63) is 47.8 Å². The molecule has 16 heavy (non-hydrogen) atoms.